The molecule has 0 heterocycles. The highest BCUT2D eigenvalue weighted by Gasteiger charge is 2.06. The van der Waals surface area contributed by atoms with Crippen LogP contribution in [0.15, 0.2) is 18.2 Å². The van der Waals surface area contributed by atoms with Gasteiger partial charge in [0.2, 0.25) is 0 Å². The van der Waals surface area contributed by atoms with Crippen molar-refractivity contribution in [3.05, 3.63) is 34.3 Å². The molecule has 0 aromatic heterocycles. The summed E-state index contributed by atoms with van der Waals surface area (Å²) in [6.07, 6.45) is 0. The maximum Gasteiger partial charge on any atom is 0.0624 e. The summed E-state index contributed by atoms with van der Waals surface area (Å²) in [5, 5.41) is 9.52. The second-order valence-electron chi connectivity index (χ2n) is 2.79. The van der Waals surface area contributed by atoms with Crippen molar-refractivity contribution in [3.8, 4) is 0 Å². The molecule has 66 valence electrons. The second kappa shape index (κ2) is 3.90. The minimum atomic E-state index is -0.303. The molecule has 0 spiro atoms. The van der Waals surface area contributed by atoms with Crippen LogP contribution in [0.1, 0.15) is 17.2 Å². The van der Waals surface area contributed by atoms with Crippen molar-refractivity contribution in [3.63, 3.8) is 0 Å². The number of aliphatic hydroxyl groups is 1. The quantitative estimate of drug-likeness (QED) is 0.736. The van der Waals surface area contributed by atoms with Crippen LogP contribution in [-0.4, -0.2) is 11.7 Å². The van der Waals surface area contributed by atoms with Gasteiger partial charge in [-0.05, 0) is 30.2 Å². The zero-order valence-corrected chi connectivity index (χ0v) is 7.67. The van der Waals surface area contributed by atoms with Crippen molar-refractivity contribution in [2.45, 2.75) is 13.0 Å². The zero-order chi connectivity index (χ0) is 9.14. The first kappa shape index (κ1) is 9.52. The van der Waals surface area contributed by atoms with Crippen LogP contribution in [0.4, 0.5) is 0 Å². The summed E-state index contributed by atoms with van der Waals surface area (Å²) < 4.78 is 0. The normalized spacial score (nSPS) is 13.0. The summed E-state index contributed by atoms with van der Waals surface area (Å²) >= 11 is 5.76. The number of aliphatic hydroxyl groups excluding tert-OH is 1. The molecule has 0 aliphatic heterocycles. The van der Waals surface area contributed by atoms with E-state index in [9.17, 15) is 0 Å². The number of nitrogens with two attached hydrogens (primary N) is 1. The molecule has 2 nitrogen and oxygen atoms in total. The topological polar surface area (TPSA) is 46.2 Å². The van der Waals surface area contributed by atoms with E-state index in [0.717, 1.165) is 11.1 Å². The first-order chi connectivity index (χ1) is 5.65. The monoisotopic (exact) mass is 185 g/mol. The molecule has 1 atom stereocenters. The fourth-order valence-corrected chi connectivity index (χ4v) is 1.38. The lowest BCUT2D eigenvalue weighted by atomic mass is 10.0. The highest BCUT2D eigenvalue weighted by Crippen LogP contribution is 2.19. The lowest BCUT2D eigenvalue weighted by Crippen LogP contribution is -2.15. The third-order valence-electron chi connectivity index (χ3n) is 1.83. The fraction of sp³-hybridized carbons (Fsp3) is 0.333. The molecule has 0 fully saturated rings. The van der Waals surface area contributed by atoms with E-state index in [1.54, 1.807) is 6.07 Å². The van der Waals surface area contributed by atoms with Crippen molar-refractivity contribution in [2.24, 2.45) is 5.73 Å². The van der Waals surface area contributed by atoms with Crippen LogP contribution in [0.3, 0.4) is 0 Å². The molecule has 0 amide bonds. The van der Waals surface area contributed by atoms with E-state index < -0.39 is 0 Å². The molecular weight excluding hydrogens is 174 g/mol. The number of hydrogen-bond acceptors (Lipinski definition) is 2. The average molecular weight is 186 g/mol. The third kappa shape index (κ3) is 1.97. The summed E-state index contributed by atoms with van der Waals surface area (Å²) in [4.78, 5) is 0. The van der Waals surface area contributed by atoms with E-state index in [2.05, 4.69) is 0 Å². The molecule has 0 radical (unpaired) electrons. The molecule has 3 N–H and O–H groups in total. The zero-order valence-electron chi connectivity index (χ0n) is 6.92. The maximum atomic E-state index is 8.82. The number of aryl methyl sites for hydroxylation is 1. The van der Waals surface area contributed by atoms with E-state index in [0.29, 0.717) is 5.02 Å². The van der Waals surface area contributed by atoms with Crippen molar-refractivity contribution < 1.29 is 5.11 Å². The Morgan fingerprint density at radius 1 is 1.58 bits per heavy atom. The largest absolute Gasteiger partial charge is 0.394 e. The van der Waals surface area contributed by atoms with Crippen molar-refractivity contribution >= 4 is 11.6 Å². The highest BCUT2D eigenvalue weighted by molar-refractivity contribution is 6.30. The lowest BCUT2D eigenvalue weighted by Gasteiger charge is -2.11. The molecule has 1 aromatic carbocycles. The molecule has 1 aromatic rings. The van der Waals surface area contributed by atoms with Crippen molar-refractivity contribution in [1.82, 2.24) is 0 Å². The van der Waals surface area contributed by atoms with E-state index in [-0.39, 0.29) is 12.6 Å². The Balaban J connectivity index is 3.01. The van der Waals surface area contributed by atoms with Gasteiger partial charge in [-0.25, -0.2) is 0 Å². The van der Waals surface area contributed by atoms with Gasteiger partial charge in [0, 0.05) is 5.02 Å². The molecular formula is C9H12ClNO. The van der Waals surface area contributed by atoms with Crippen LogP contribution >= 0.6 is 11.6 Å². The van der Waals surface area contributed by atoms with Gasteiger partial charge in [0.1, 0.15) is 0 Å². The molecule has 0 aliphatic rings. The molecule has 12 heavy (non-hydrogen) atoms. The first-order valence-corrected chi connectivity index (χ1v) is 4.15. The Bertz CT molecular complexity index is 275. The van der Waals surface area contributed by atoms with Crippen LogP contribution in [0.2, 0.25) is 5.02 Å². The van der Waals surface area contributed by atoms with Gasteiger partial charge in [-0.3, -0.25) is 0 Å². The van der Waals surface area contributed by atoms with Crippen LogP contribution < -0.4 is 5.73 Å². The van der Waals surface area contributed by atoms with Crippen molar-refractivity contribution in [1.29, 1.82) is 0 Å². The van der Waals surface area contributed by atoms with E-state index >= 15 is 0 Å². The van der Waals surface area contributed by atoms with Crippen LogP contribution in [0.5, 0.6) is 0 Å². The number of halogens is 1. The average Bonchev–Trinajstić information content (AvgIpc) is 2.03. The van der Waals surface area contributed by atoms with Crippen molar-refractivity contribution in [2.75, 3.05) is 6.61 Å². The predicted octanol–water partition coefficient (Wildman–Crippen LogP) is 1.64. The Morgan fingerprint density at radius 3 is 2.75 bits per heavy atom. The van der Waals surface area contributed by atoms with Crippen LogP contribution in [-0.2, 0) is 0 Å². The summed E-state index contributed by atoms with van der Waals surface area (Å²) in [6, 6.07) is 5.16. The summed E-state index contributed by atoms with van der Waals surface area (Å²) in [5.41, 5.74) is 7.62. The third-order valence-corrected chi connectivity index (χ3v) is 2.06. The smallest absolute Gasteiger partial charge is 0.0624 e. The Hall–Kier alpha value is -0.570. The molecule has 0 unspecified atom stereocenters. The number of hydrogen-bond donors (Lipinski definition) is 2. The van der Waals surface area contributed by atoms with Crippen LogP contribution in [0.25, 0.3) is 0 Å². The number of rotatable bonds is 2. The molecule has 0 aliphatic carbocycles. The van der Waals surface area contributed by atoms with Gasteiger partial charge in [0.25, 0.3) is 0 Å². The Kier molecular flexibility index (Phi) is 3.09. The predicted molar refractivity (Wildman–Crippen MR) is 50.2 cm³/mol. The van der Waals surface area contributed by atoms with Gasteiger partial charge in [-0.15, -0.1) is 0 Å². The highest BCUT2D eigenvalue weighted by atomic mass is 35.5. The van der Waals surface area contributed by atoms with Gasteiger partial charge < -0.3 is 10.8 Å². The molecule has 3 heteroatoms. The maximum absolute atomic E-state index is 8.82. The van der Waals surface area contributed by atoms with Gasteiger partial charge in [0.15, 0.2) is 0 Å². The number of benzene rings is 1. The minimum absolute atomic E-state index is 0.0392. The SMILES string of the molecule is Cc1cc(Cl)ccc1[C@H](N)CO. The minimum Gasteiger partial charge on any atom is -0.394 e. The second-order valence-corrected chi connectivity index (χ2v) is 3.23. The van der Waals surface area contributed by atoms with E-state index in [4.69, 9.17) is 22.4 Å². The summed E-state index contributed by atoms with van der Waals surface area (Å²) in [7, 11) is 0. The summed E-state index contributed by atoms with van der Waals surface area (Å²) in [6.45, 7) is 1.89. The first-order valence-electron chi connectivity index (χ1n) is 3.77. The Morgan fingerprint density at radius 2 is 2.25 bits per heavy atom. The van der Waals surface area contributed by atoms with E-state index in [1.165, 1.54) is 0 Å². The lowest BCUT2D eigenvalue weighted by molar-refractivity contribution is 0.267. The van der Waals surface area contributed by atoms with Gasteiger partial charge >= 0.3 is 0 Å². The van der Waals surface area contributed by atoms with Crippen LogP contribution in [0, 0.1) is 6.92 Å². The molecule has 0 saturated carbocycles. The van der Waals surface area contributed by atoms with Gasteiger partial charge in [-0.2, -0.15) is 0 Å². The van der Waals surface area contributed by atoms with E-state index in [1.807, 2.05) is 19.1 Å². The fourth-order valence-electron chi connectivity index (χ4n) is 1.15. The molecule has 0 saturated heterocycles. The standard InChI is InChI=1S/C9H12ClNO/c1-6-4-7(10)2-3-8(6)9(11)5-12/h2-4,9,12H,5,11H2,1H3/t9-/m1/s1. The Labute approximate surface area is 77.0 Å². The van der Waals surface area contributed by atoms with Gasteiger partial charge in [-0.1, -0.05) is 17.7 Å². The molecule has 0 bridgehead atoms. The molecule has 1 rings (SSSR count). The summed E-state index contributed by atoms with van der Waals surface area (Å²) in [5.74, 6) is 0. The van der Waals surface area contributed by atoms with Gasteiger partial charge in [0.05, 0.1) is 12.6 Å².